The molecule has 2 heterocycles. The number of carbonyl (C=O) groups excluding carboxylic acids is 3. The topological polar surface area (TPSA) is 99.5 Å². The Labute approximate surface area is 209 Å². The summed E-state index contributed by atoms with van der Waals surface area (Å²) in [4.78, 5) is 41.5. The number of hydrogen-bond acceptors (Lipinski definition) is 6. The van der Waals surface area contributed by atoms with E-state index in [0.29, 0.717) is 34.5 Å². The van der Waals surface area contributed by atoms with Crippen LogP contribution in [0.15, 0.2) is 48.7 Å². The zero-order valence-corrected chi connectivity index (χ0v) is 20.7. The second-order valence-corrected chi connectivity index (χ2v) is 8.47. The maximum absolute atomic E-state index is 12.9. The molecule has 3 aromatic rings. The van der Waals surface area contributed by atoms with Crippen molar-refractivity contribution in [3.05, 3.63) is 82.4 Å². The average Bonchev–Trinajstić information content (AvgIpc) is 3.42. The molecule has 0 unspecified atom stereocenters. The molecule has 0 atom stereocenters. The molecule has 1 N–H and O–H groups in total. The standard InChI is InChI=1S/C28H29N3O5/c1-4-6-7-25-29-16-21(31(25)17-18-8-10-19(11-9-18)27(33)35-3)15-23-22-14-20(28(34)36-5-2)12-13-24(22)30-26(23)32/h8-16H,4-7,17H2,1-3H3,(H,30,32). The molecule has 0 radical (unpaired) electrons. The molecule has 1 aliphatic heterocycles. The van der Waals surface area contributed by atoms with Gasteiger partial charge in [-0.05, 0) is 55.3 Å². The van der Waals surface area contributed by atoms with Crippen molar-refractivity contribution in [3.8, 4) is 0 Å². The zero-order valence-electron chi connectivity index (χ0n) is 20.7. The van der Waals surface area contributed by atoms with Crippen molar-refractivity contribution < 1.29 is 23.9 Å². The van der Waals surface area contributed by atoms with Gasteiger partial charge < -0.3 is 19.4 Å². The number of amides is 1. The van der Waals surface area contributed by atoms with E-state index in [9.17, 15) is 14.4 Å². The van der Waals surface area contributed by atoms with Gasteiger partial charge in [0.15, 0.2) is 0 Å². The summed E-state index contributed by atoms with van der Waals surface area (Å²) in [5, 5.41) is 2.87. The van der Waals surface area contributed by atoms with Crippen molar-refractivity contribution in [2.24, 2.45) is 0 Å². The molecule has 0 aliphatic carbocycles. The van der Waals surface area contributed by atoms with Crippen LogP contribution >= 0.6 is 0 Å². The summed E-state index contributed by atoms with van der Waals surface area (Å²) in [6.07, 6.45) is 6.39. The van der Waals surface area contributed by atoms with Crippen LogP contribution in [-0.2, 0) is 27.2 Å². The third-order valence-corrected chi connectivity index (χ3v) is 6.04. The quantitative estimate of drug-likeness (QED) is 0.346. The second kappa shape index (κ2) is 11.0. The van der Waals surface area contributed by atoms with E-state index in [-0.39, 0.29) is 18.5 Å². The Hall–Kier alpha value is -4.20. The Bertz CT molecular complexity index is 1320. The summed E-state index contributed by atoms with van der Waals surface area (Å²) in [6, 6.07) is 12.3. The maximum Gasteiger partial charge on any atom is 0.338 e. The van der Waals surface area contributed by atoms with Crippen molar-refractivity contribution in [1.29, 1.82) is 0 Å². The predicted octanol–water partition coefficient (Wildman–Crippen LogP) is 4.73. The van der Waals surface area contributed by atoms with Gasteiger partial charge in [0.1, 0.15) is 5.82 Å². The van der Waals surface area contributed by atoms with Crippen LogP contribution in [0, 0.1) is 0 Å². The number of aromatic nitrogens is 2. The highest BCUT2D eigenvalue weighted by molar-refractivity contribution is 6.35. The maximum atomic E-state index is 12.9. The van der Waals surface area contributed by atoms with E-state index in [1.54, 1.807) is 49.5 Å². The number of carbonyl (C=O) groups is 3. The fraction of sp³-hybridized carbons (Fsp3) is 0.286. The number of ether oxygens (including phenoxy) is 2. The highest BCUT2D eigenvalue weighted by atomic mass is 16.5. The molecular weight excluding hydrogens is 458 g/mol. The molecular formula is C28H29N3O5. The van der Waals surface area contributed by atoms with Gasteiger partial charge in [-0.1, -0.05) is 25.5 Å². The van der Waals surface area contributed by atoms with Crippen molar-refractivity contribution in [2.45, 2.75) is 39.7 Å². The molecule has 8 nitrogen and oxygen atoms in total. The highest BCUT2D eigenvalue weighted by Crippen LogP contribution is 2.34. The number of nitrogens with zero attached hydrogens (tertiary/aromatic N) is 2. The van der Waals surface area contributed by atoms with Crippen molar-refractivity contribution >= 4 is 35.2 Å². The summed E-state index contributed by atoms with van der Waals surface area (Å²) >= 11 is 0. The Morgan fingerprint density at radius 3 is 2.50 bits per heavy atom. The van der Waals surface area contributed by atoms with E-state index in [4.69, 9.17) is 9.47 Å². The van der Waals surface area contributed by atoms with Crippen LogP contribution in [-0.4, -0.2) is 41.1 Å². The Morgan fingerprint density at radius 1 is 1.06 bits per heavy atom. The first-order valence-electron chi connectivity index (χ1n) is 12.0. The highest BCUT2D eigenvalue weighted by Gasteiger charge is 2.26. The Balaban J connectivity index is 1.71. The number of anilines is 1. The van der Waals surface area contributed by atoms with Gasteiger partial charge in [-0.3, -0.25) is 4.79 Å². The molecule has 36 heavy (non-hydrogen) atoms. The normalized spacial score (nSPS) is 13.4. The second-order valence-electron chi connectivity index (χ2n) is 8.47. The van der Waals surface area contributed by atoms with Crippen LogP contribution in [0.2, 0.25) is 0 Å². The zero-order chi connectivity index (χ0) is 25.7. The molecule has 2 aromatic carbocycles. The smallest absolute Gasteiger partial charge is 0.338 e. The third kappa shape index (κ3) is 5.22. The van der Waals surface area contributed by atoms with Gasteiger partial charge in [0.2, 0.25) is 0 Å². The molecule has 0 saturated carbocycles. The third-order valence-electron chi connectivity index (χ3n) is 6.04. The van der Waals surface area contributed by atoms with Gasteiger partial charge >= 0.3 is 11.9 Å². The molecule has 8 heteroatoms. The molecule has 1 amide bonds. The van der Waals surface area contributed by atoms with E-state index in [1.807, 2.05) is 12.1 Å². The Kier molecular flexibility index (Phi) is 7.63. The Morgan fingerprint density at radius 2 is 1.81 bits per heavy atom. The van der Waals surface area contributed by atoms with E-state index in [0.717, 1.165) is 36.3 Å². The van der Waals surface area contributed by atoms with Gasteiger partial charge in [0.05, 0.1) is 42.3 Å². The number of esters is 2. The van der Waals surface area contributed by atoms with Gasteiger partial charge in [-0.15, -0.1) is 0 Å². The minimum Gasteiger partial charge on any atom is -0.465 e. The largest absolute Gasteiger partial charge is 0.465 e. The monoisotopic (exact) mass is 487 g/mol. The van der Waals surface area contributed by atoms with Gasteiger partial charge in [0, 0.05) is 24.2 Å². The van der Waals surface area contributed by atoms with Crippen LogP contribution in [0.5, 0.6) is 0 Å². The molecule has 4 rings (SSSR count). The average molecular weight is 488 g/mol. The van der Waals surface area contributed by atoms with Crippen molar-refractivity contribution in [3.63, 3.8) is 0 Å². The van der Waals surface area contributed by atoms with Gasteiger partial charge in [0.25, 0.3) is 5.91 Å². The van der Waals surface area contributed by atoms with Crippen LogP contribution < -0.4 is 5.32 Å². The number of nitrogens with one attached hydrogen (secondary N) is 1. The van der Waals surface area contributed by atoms with Crippen LogP contribution in [0.3, 0.4) is 0 Å². The number of rotatable bonds is 9. The van der Waals surface area contributed by atoms with E-state index < -0.39 is 5.97 Å². The number of hydrogen-bond donors (Lipinski definition) is 1. The van der Waals surface area contributed by atoms with E-state index >= 15 is 0 Å². The lowest BCUT2D eigenvalue weighted by molar-refractivity contribution is -0.110. The van der Waals surface area contributed by atoms with Crippen LogP contribution in [0.1, 0.15) is 70.1 Å². The first-order chi connectivity index (χ1) is 17.4. The number of methoxy groups -OCH3 is 1. The van der Waals surface area contributed by atoms with E-state index in [2.05, 4.69) is 21.8 Å². The molecule has 0 spiro atoms. The number of imidazole rings is 1. The predicted molar refractivity (Wildman–Crippen MR) is 137 cm³/mol. The molecule has 1 aromatic heterocycles. The number of fused-ring (bicyclic) bond motifs is 1. The number of benzene rings is 2. The lowest BCUT2D eigenvalue weighted by atomic mass is 10.0. The molecule has 0 saturated heterocycles. The summed E-state index contributed by atoms with van der Waals surface area (Å²) in [6.45, 7) is 4.68. The molecule has 0 bridgehead atoms. The first-order valence-corrected chi connectivity index (χ1v) is 12.0. The van der Waals surface area contributed by atoms with Crippen molar-refractivity contribution in [1.82, 2.24) is 9.55 Å². The first kappa shape index (κ1) is 24.9. The lowest BCUT2D eigenvalue weighted by Gasteiger charge is -2.12. The van der Waals surface area contributed by atoms with Crippen LogP contribution in [0.25, 0.3) is 11.6 Å². The number of unbranched alkanes of at least 4 members (excludes halogenated alkanes) is 1. The fourth-order valence-electron chi connectivity index (χ4n) is 4.13. The number of aryl methyl sites for hydroxylation is 1. The summed E-state index contributed by atoms with van der Waals surface area (Å²) in [5.74, 6) is -0.136. The SMILES string of the molecule is CCCCc1ncc(C=C2C(=O)Nc3ccc(C(=O)OCC)cc32)n1Cc1ccc(C(=O)OC)cc1. The molecule has 0 fully saturated rings. The summed E-state index contributed by atoms with van der Waals surface area (Å²) in [7, 11) is 1.36. The molecule has 1 aliphatic rings. The molecule has 186 valence electrons. The van der Waals surface area contributed by atoms with Gasteiger partial charge in [-0.2, -0.15) is 0 Å². The van der Waals surface area contributed by atoms with E-state index in [1.165, 1.54) is 7.11 Å². The summed E-state index contributed by atoms with van der Waals surface area (Å²) in [5.41, 5.74) is 4.39. The van der Waals surface area contributed by atoms with Gasteiger partial charge in [-0.25, -0.2) is 14.6 Å². The fourth-order valence-corrected chi connectivity index (χ4v) is 4.13. The van der Waals surface area contributed by atoms with Crippen molar-refractivity contribution in [2.75, 3.05) is 19.0 Å². The minimum atomic E-state index is -0.429. The lowest BCUT2D eigenvalue weighted by Crippen LogP contribution is -2.09. The summed E-state index contributed by atoms with van der Waals surface area (Å²) < 4.78 is 12.0. The van der Waals surface area contributed by atoms with Crippen LogP contribution in [0.4, 0.5) is 5.69 Å². The minimum absolute atomic E-state index is 0.240.